The number of fused-ring (bicyclic) bond motifs is 1. The highest BCUT2D eigenvalue weighted by molar-refractivity contribution is 8.93. The summed E-state index contributed by atoms with van der Waals surface area (Å²) in [5, 5.41) is 12.3. The molecule has 23 heavy (non-hydrogen) atoms. The topological polar surface area (TPSA) is 64.1 Å². The average molecular weight is 374 g/mol. The minimum atomic E-state index is -0.401. The Morgan fingerprint density at radius 1 is 1.04 bits per heavy atom. The van der Waals surface area contributed by atoms with Gasteiger partial charge in [0.25, 0.3) is 5.69 Å². The summed E-state index contributed by atoms with van der Waals surface area (Å²) in [6, 6.07) is 15.6. The summed E-state index contributed by atoms with van der Waals surface area (Å²) in [5.41, 5.74) is 0.716. The van der Waals surface area contributed by atoms with Gasteiger partial charge in [-0.05, 0) is 6.07 Å². The van der Waals surface area contributed by atoms with Gasteiger partial charge in [0.1, 0.15) is 0 Å². The fourth-order valence-electron chi connectivity index (χ4n) is 2.40. The molecular weight excluding hydrogens is 360 g/mol. The first-order chi connectivity index (χ1) is 10.6. The van der Waals surface area contributed by atoms with Crippen LogP contribution in [0.5, 0.6) is 0 Å². The van der Waals surface area contributed by atoms with E-state index in [0.29, 0.717) is 10.9 Å². The van der Waals surface area contributed by atoms with Gasteiger partial charge in [-0.25, -0.2) is 0 Å². The van der Waals surface area contributed by atoms with E-state index in [0.717, 1.165) is 5.39 Å². The molecule has 0 amide bonds. The quantitative estimate of drug-likeness (QED) is 0.304. The lowest BCUT2D eigenvalue weighted by Crippen LogP contribution is -2.37. The molecule has 0 saturated carbocycles. The lowest BCUT2D eigenvalue weighted by Gasteiger charge is -2.01. The van der Waals surface area contributed by atoms with E-state index in [9.17, 15) is 14.9 Å². The molecule has 0 aliphatic carbocycles. The van der Waals surface area contributed by atoms with Crippen LogP contribution < -0.4 is 4.57 Å². The van der Waals surface area contributed by atoms with Crippen LogP contribution in [0.25, 0.3) is 10.8 Å². The summed E-state index contributed by atoms with van der Waals surface area (Å²) >= 11 is 0. The largest absolute Gasteiger partial charge is 0.287 e. The van der Waals surface area contributed by atoms with Crippen molar-refractivity contribution in [2.45, 2.75) is 6.54 Å². The zero-order valence-electron chi connectivity index (χ0n) is 12.1. The van der Waals surface area contributed by atoms with Crippen LogP contribution in [0.15, 0.2) is 67.0 Å². The average Bonchev–Trinajstić information content (AvgIpc) is 2.54. The SMILES string of the molecule is Br.O=C(C[n+]1ccc2c([N+](=O)[O-])cccc2c1)c1ccccc1. The maximum atomic E-state index is 12.2. The zero-order chi connectivity index (χ0) is 15.5. The predicted molar refractivity (Wildman–Crippen MR) is 91.9 cm³/mol. The first-order valence-corrected chi connectivity index (χ1v) is 6.79. The monoisotopic (exact) mass is 373 g/mol. The number of Topliss-reactive ketones (excluding diaryl/α,β-unsaturated/α-hetero) is 1. The first-order valence-electron chi connectivity index (χ1n) is 6.79. The maximum absolute atomic E-state index is 12.2. The number of aromatic nitrogens is 1. The third-order valence-corrected chi connectivity index (χ3v) is 3.47. The number of non-ortho nitro benzene ring substituents is 1. The van der Waals surface area contributed by atoms with Gasteiger partial charge >= 0.3 is 0 Å². The normalized spacial score (nSPS) is 10.1. The maximum Gasteiger partial charge on any atom is 0.277 e. The van der Waals surface area contributed by atoms with Gasteiger partial charge in [-0.3, -0.25) is 14.9 Å². The molecule has 116 valence electrons. The number of ketones is 1. The molecule has 3 rings (SSSR count). The van der Waals surface area contributed by atoms with Crippen molar-refractivity contribution in [3.05, 3.63) is 82.7 Å². The number of pyridine rings is 1. The molecule has 0 radical (unpaired) electrons. The van der Waals surface area contributed by atoms with Gasteiger partial charge in [-0.15, -0.1) is 17.0 Å². The van der Waals surface area contributed by atoms with E-state index in [1.54, 1.807) is 47.3 Å². The zero-order valence-corrected chi connectivity index (χ0v) is 13.8. The molecule has 0 N–H and O–H groups in total. The van der Waals surface area contributed by atoms with E-state index in [1.807, 2.05) is 18.2 Å². The van der Waals surface area contributed by atoms with Gasteiger partial charge in [0.15, 0.2) is 12.4 Å². The third kappa shape index (κ3) is 3.60. The number of carbonyl (C=O) groups is 1. The molecule has 0 bridgehead atoms. The number of carbonyl (C=O) groups excluding carboxylic acids is 1. The molecule has 3 aromatic rings. The summed E-state index contributed by atoms with van der Waals surface area (Å²) in [5.74, 6) is -0.00428. The number of nitro benzene ring substituents is 1. The molecule has 0 aliphatic rings. The Morgan fingerprint density at radius 2 is 1.78 bits per heavy atom. The van der Waals surface area contributed by atoms with Gasteiger partial charge in [0.05, 0.1) is 15.7 Å². The highest BCUT2D eigenvalue weighted by Gasteiger charge is 2.16. The lowest BCUT2D eigenvalue weighted by molar-refractivity contribution is -0.681. The molecule has 2 aromatic carbocycles. The number of rotatable bonds is 4. The number of benzene rings is 2. The molecule has 0 aliphatic heterocycles. The van der Waals surface area contributed by atoms with Gasteiger partial charge < -0.3 is 0 Å². The Kier molecular flexibility index (Phi) is 5.18. The van der Waals surface area contributed by atoms with Gasteiger partial charge in [0, 0.05) is 17.7 Å². The minimum Gasteiger partial charge on any atom is -0.287 e. The molecule has 0 saturated heterocycles. The summed E-state index contributed by atoms with van der Waals surface area (Å²) < 4.78 is 1.74. The van der Waals surface area contributed by atoms with Crippen LogP contribution >= 0.6 is 17.0 Å². The van der Waals surface area contributed by atoms with Crippen molar-refractivity contribution in [3.63, 3.8) is 0 Å². The van der Waals surface area contributed by atoms with Crippen LogP contribution in [0.1, 0.15) is 10.4 Å². The molecular formula is C17H14BrN2O3+. The number of hydrogen-bond acceptors (Lipinski definition) is 3. The molecule has 0 atom stereocenters. The van der Waals surface area contributed by atoms with Crippen LogP contribution in [0.4, 0.5) is 5.69 Å². The molecule has 0 spiro atoms. The van der Waals surface area contributed by atoms with Crippen LogP contribution in [0, 0.1) is 10.1 Å². The van der Waals surface area contributed by atoms with Crippen molar-refractivity contribution in [2.24, 2.45) is 0 Å². The Bertz CT molecular complexity index is 866. The summed E-state index contributed by atoms with van der Waals surface area (Å²) in [6.45, 7) is 0.197. The molecule has 6 heteroatoms. The lowest BCUT2D eigenvalue weighted by atomic mass is 10.1. The van der Waals surface area contributed by atoms with Crippen molar-refractivity contribution < 1.29 is 14.3 Å². The molecule has 5 nitrogen and oxygen atoms in total. The van der Waals surface area contributed by atoms with Crippen molar-refractivity contribution in [1.82, 2.24) is 0 Å². The van der Waals surface area contributed by atoms with Crippen LogP contribution in [-0.4, -0.2) is 10.7 Å². The van der Waals surface area contributed by atoms with E-state index in [4.69, 9.17) is 0 Å². The van der Waals surface area contributed by atoms with Crippen LogP contribution in [0.3, 0.4) is 0 Å². The van der Waals surface area contributed by atoms with Gasteiger partial charge in [-0.2, -0.15) is 4.57 Å². The highest BCUT2D eigenvalue weighted by atomic mass is 79.9. The van der Waals surface area contributed by atoms with Crippen LogP contribution in [0.2, 0.25) is 0 Å². The number of nitro groups is 1. The minimum absolute atomic E-state index is 0. The Labute approximate surface area is 143 Å². The summed E-state index contributed by atoms with van der Waals surface area (Å²) in [6.07, 6.45) is 3.44. The summed E-state index contributed by atoms with van der Waals surface area (Å²) in [4.78, 5) is 22.8. The molecule has 0 unspecified atom stereocenters. The van der Waals surface area contributed by atoms with Crippen molar-refractivity contribution in [1.29, 1.82) is 0 Å². The van der Waals surface area contributed by atoms with Gasteiger partial charge in [0.2, 0.25) is 12.3 Å². The molecule has 1 heterocycles. The van der Waals surface area contributed by atoms with Crippen molar-refractivity contribution >= 4 is 39.2 Å². The standard InChI is InChI=1S/C17H13N2O3.BrH/c20-17(13-5-2-1-3-6-13)12-18-10-9-15-14(11-18)7-4-8-16(15)19(21)22;/h1-11H,12H2;1H/q+1;. The molecule has 1 aromatic heterocycles. The van der Waals surface area contributed by atoms with E-state index in [1.165, 1.54) is 6.07 Å². The van der Waals surface area contributed by atoms with E-state index in [-0.39, 0.29) is 35.0 Å². The van der Waals surface area contributed by atoms with Gasteiger partial charge in [-0.1, -0.05) is 36.4 Å². The fraction of sp³-hybridized carbons (Fsp3) is 0.0588. The highest BCUT2D eigenvalue weighted by Crippen LogP contribution is 2.23. The smallest absolute Gasteiger partial charge is 0.277 e. The predicted octanol–water partition coefficient (Wildman–Crippen LogP) is 3.50. The van der Waals surface area contributed by atoms with E-state index < -0.39 is 4.92 Å². The van der Waals surface area contributed by atoms with E-state index >= 15 is 0 Å². The Balaban J connectivity index is 0.00000192. The first kappa shape index (κ1) is 16.8. The van der Waals surface area contributed by atoms with Crippen molar-refractivity contribution in [2.75, 3.05) is 0 Å². The number of hydrogen-bond donors (Lipinski definition) is 0. The second-order valence-electron chi connectivity index (χ2n) is 4.94. The van der Waals surface area contributed by atoms with Crippen LogP contribution in [-0.2, 0) is 6.54 Å². The summed E-state index contributed by atoms with van der Waals surface area (Å²) in [7, 11) is 0. The van der Waals surface area contributed by atoms with E-state index in [2.05, 4.69) is 0 Å². The number of halogens is 1. The Hall–Kier alpha value is -2.60. The second-order valence-corrected chi connectivity index (χ2v) is 4.94. The van der Waals surface area contributed by atoms with Crippen molar-refractivity contribution in [3.8, 4) is 0 Å². The Morgan fingerprint density at radius 3 is 2.48 bits per heavy atom. The second kappa shape index (κ2) is 7.11. The fourth-order valence-corrected chi connectivity index (χ4v) is 2.40. The number of nitrogens with zero attached hydrogens (tertiary/aromatic N) is 2. The third-order valence-electron chi connectivity index (χ3n) is 3.47. The molecule has 0 fully saturated rings.